The van der Waals surface area contributed by atoms with Crippen LogP contribution in [0.25, 0.3) is 0 Å². The van der Waals surface area contributed by atoms with Gasteiger partial charge in [0.15, 0.2) is 0 Å². The maximum atomic E-state index is 12.3. The maximum Gasteiger partial charge on any atom is 0.321 e. The van der Waals surface area contributed by atoms with Crippen molar-refractivity contribution in [1.82, 2.24) is 14.9 Å². The highest BCUT2D eigenvalue weighted by molar-refractivity contribution is 5.90. The Morgan fingerprint density at radius 1 is 1.36 bits per heavy atom. The van der Waals surface area contributed by atoms with E-state index in [4.69, 9.17) is 4.74 Å². The molecule has 1 unspecified atom stereocenters. The first-order valence-electron chi connectivity index (χ1n) is 7.26. The molecule has 0 bridgehead atoms. The predicted octanol–water partition coefficient (Wildman–Crippen LogP) is 2.47. The summed E-state index contributed by atoms with van der Waals surface area (Å²) < 4.78 is 5.76. The van der Waals surface area contributed by atoms with Crippen LogP contribution in [0.1, 0.15) is 12.0 Å². The summed E-state index contributed by atoms with van der Waals surface area (Å²) in [5, 5.41) is 2.94. The largest absolute Gasteiger partial charge is 0.472 e. The molecule has 1 fully saturated rings. The van der Waals surface area contributed by atoms with Crippen LogP contribution < -0.4 is 10.1 Å². The van der Waals surface area contributed by atoms with Gasteiger partial charge in [0.05, 0.1) is 6.54 Å². The standard InChI is InChI=1S/C16H18N4O2/c1-12-4-2-3-5-14(12)19-16(21)20-9-7-13(10-20)22-15-6-8-17-11-18-15/h2-6,8,11,13H,7,9-10H2,1H3,(H,19,21). The average Bonchev–Trinajstić information content (AvgIpc) is 2.99. The van der Waals surface area contributed by atoms with Crippen molar-refractivity contribution >= 4 is 11.7 Å². The van der Waals surface area contributed by atoms with Gasteiger partial charge in [-0.25, -0.2) is 14.8 Å². The fraction of sp³-hybridized carbons (Fsp3) is 0.312. The number of hydrogen-bond acceptors (Lipinski definition) is 4. The number of urea groups is 1. The molecule has 0 aliphatic carbocycles. The van der Waals surface area contributed by atoms with Crippen LogP contribution in [0.3, 0.4) is 0 Å². The highest BCUT2D eigenvalue weighted by Crippen LogP contribution is 2.18. The second-order valence-electron chi connectivity index (χ2n) is 5.27. The number of hydrogen-bond donors (Lipinski definition) is 1. The lowest BCUT2D eigenvalue weighted by Gasteiger charge is -2.18. The number of ether oxygens (including phenoxy) is 1. The lowest BCUT2D eigenvalue weighted by Crippen LogP contribution is -2.34. The molecule has 1 N–H and O–H groups in total. The number of carbonyl (C=O) groups excluding carboxylic acids is 1. The van der Waals surface area contributed by atoms with E-state index in [0.717, 1.165) is 17.7 Å². The van der Waals surface area contributed by atoms with E-state index in [1.807, 2.05) is 31.2 Å². The molecule has 2 aromatic rings. The number of aromatic nitrogens is 2. The number of rotatable bonds is 3. The van der Waals surface area contributed by atoms with Gasteiger partial charge in [0.25, 0.3) is 0 Å². The van der Waals surface area contributed by atoms with Crippen LogP contribution in [0.5, 0.6) is 5.88 Å². The molecule has 1 atom stereocenters. The fourth-order valence-electron chi connectivity index (χ4n) is 2.44. The fourth-order valence-corrected chi connectivity index (χ4v) is 2.44. The van der Waals surface area contributed by atoms with Crippen LogP contribution in [0.4, 0.5) is 10.5 Å². The third-order valence-electron chi connectivity index (χ3n) is 3.66. The molecule has 1 saturated heterocycles. The first-order valence-corrected chi connectivity index (χ1v) is 7.26. The topological polar surface area (TPSA) is 67.4 Å². The number of likely N-dealkylation sites (tertiary alicyclic amines) is 1. The number of nitrogens with zero attached hydrogens (tertiary/aromatic N) is 3. The van der Waals surface area contributed by atoms with Gasteiger partial charge >= 0.3 is 6.03 Å². The minimum Gasteiger partial charge on any atom is -0.472 e. The van der Waals surface area contributed by atoms with Crippen molar-refractivity contribution in [3.63, 3.8) is 0 Å². The molecule has 6 heteroatoms. The second kappa shape index (κ2) is 6.43. The number of amides is 2. The maximum absolute atomic E-state index is 12.3. The molecular formula is C16H18N4O2. The smallest absolute Gasteiger partial charge is 0.321 e. The lowest BCUT2D eigenvalue weighted by molar-refractivity contribution is 0.189. The average molecular weight is 298 g/mol. The molecule has 0 radical (unpaired) electrons. The molecule has 114 valence electrons. The second-order valence-corrected chi connectivity index (χ2v) is 5.27. The van der Waals surface area contributed by atoms with Gasteiger partial charge in [0, 0.05) is 30.9 Å². The molecular weight excluding hydrogens is 280 g/mol. The Hall–Kier alpha value is -2.63. The molecule has 3 rings (SSSR count). The first-order chi connectivity index (χ1) is 10.7. The van der Waals surface area contributed by atoms with Gasteiger partial charge in [0.1, 0.15) is 12.4 Å². The van der Waals surface area contributed by atoms with Crippen molar-refractivity contribution in [3.8, 4) is 5.88 Å². The summed E-state index contributed by atoms with van der Waals surface area (Å²) in [5.41, 5.74) is 1.89. The Bertz CT molecular complexity index is 648. The Morgan fingerprint density at radius 3 is 3.00 bits per heavy atom. The van der Waals surface area contributed by atoms with Gasteiger partial charge in [-0.2, -0.15) is 0 Å². The summed E-state index contributed by atoms with van der Waals surface area (Å²) in [6.07, 6.45) is 3.86. The van der Waals surface area contributed by atoms with Crippen LogP contribution in [0.15, 0.2) is 42.9 Å². The zero-order valence-corrected chi connectivity index (χ0v) is 12.4. The van der Waals surface area contributed by atoms with Crippen molar-refractivity contribution in [2.45, 2.75) is 19.4 Å². The van der Waals surface area contributed by atoms with Gasteiger partial charge in [-0.1, -0.05) is 18.2 Å². The normalized spacial score (nSPS) is 17.3. The Balaban J connectivity index is 1.56. The molecule has 2 heterocycles. The van der Waals surface area contributed by atoms with Crippen molar-refractivity contribution in [2.24, 2.45) is 0 Å². The van der Waals surface area contributed by atoms with Gasteiger partial charge < -0.3 is 15.0 Å². The van der Waals surface area contributed by atoms with Gasteiger partial charge in [-0.15, -0.1) is 0 Å². The Morgan fingerprint density at radius 2 is 2.23 bits per heavy atom. The van der Waals surface area contributed by atoms with Crippen molar-refractivity contribution in [1.29, 1.82) is 0 Å². The number of nitrogens with one attached hydrogen (secondary N) is 1. The quantitative estimate of drug-likeness (QED) is 0.945. The summed E-state index contributed by atoms with van der Waals surface area (Å²) in [4.78, 5) is 22.0. The molecule has 1 aromatic heterocycles. The van der Waals surface area contributed by atoms with E-state index in [0.29, 0.717) is 19.0 Å². The highest BCUT2D eigenvalue weighted by Gasteiger charge is 2.28. The van der Waals surface area contributed by atoms with E-state index < -0.39 is 0 Å². The van der Waals surface area contributed by atoms with Crippen LogP contribution in [0.2, 0.25) is 0 Å². The SMILES string of the molecule is Cc1ccccc1NC(=O)N1CCC(Oc2ccncn2)C1. The Kier molecular flexibility index (Phi) is 4.18. The van der Waals surface area contributed by atoms with Gasteiger partial charge in [-0.05, 0) is 18.6 Å². The number of para-hydroxylation sites is 1. The summed E-state index contributed by atoms with van der Waals surface area (Å²) in [6, 6.07) is 9.36. The third kappa shape index (κ3) is 3.33. The van der Waals surface area contributed by atoms with E-state index in [9.17, 15) is 4.79 Å². The van der Waals surface area contributed by atoms with E-state index in [2.05, 4.69) is 15.3 Å². The molecule has 0 spiro atoms. The molecule has 1 aromatic carbocycles. The van der Waals surface area contributed by atoms with Crippen LogP contribution in [0, 0.1) is 6.92 Å². The highest BCUT2D eigenvalue weighted by atomic mass is 16.5. The number of anilines is 1. The Labute approximate surface area is 129 Å². The van der Waals surface area contributed by atoms with E-state index in [1.165, 1.54) is 6.33 Å². The van der Waals surface area contributed by atoms with Crippen molar-refractivity contribution < 1.29 is 9.53 Å². The number of aryl methyl sites for hydroxylation is 1. The molecule has 22 heavy (non-hydrogen) atoms. The summed E-state index contributed by atoms with van der Waals surface area (Å²) in [6.45, 7) is 3.20. The molecule has 2 amide bonds. The van der Waals surface area contributed by atoms with Gasteiger partial charge in [0.2, 0.25) is 5.88 Å². The van der Waals surface area contributed by atoms with E-state index >= 15 is 0 Å². The zero-order valence-electron chi connectivity index (χ0n) is 12.4. The molecule has 0 saturated carbocycles. The predicted molar refractivity (Wildman–Crippen MR) is 82.8 cm³/mol. The van der Waals surface area contributed by atoms with E-state index in [-0.39, 0.29) is 12.1 Å². The van der Waals surface area contributed by atoms with Crippen LogP contribution in [-0.4, -0.2) is 40.1 Å². The monoisotopic (exact) mass is 298 g/mol. The lowest BCUT2D eigenvalue weighted by atomic mass is 10.2. The minimum absolute atomic E-state index is 0.0301. The molecule has 1 aliphatic heterocycles. The molecule has 1 aliphatic rings. The van der Waals surface area contributed by atoms with Gasteiger partial charge in [-0.3, -0.25) is 0 Å². The number of carbonyl (C=O) groups is 1. The van der Waals surface area contributed by atoms with Crippen LogP contribution in [-0.2, 0) is 0 Å². The summed E-state index contributed by atoms with van der Waals surface area (Å²) >= 11 is 0. The minimum atomic E-state index is -0.0944. The summed E-state index contributed by atoms with van der Waals surface area (Å²) in [5.74, 6) is 0.543. The van der Waals surface area contributed by atoms with Crippen LogP contribution >= 0.6 is 0 Å². The first kappa shape index (κ1) is 14.3. The third-order valence-corrected chi connectivity index (χ3v) is 3.66. The number of benzene rings is 1. The zero-order chi connectivity index (χ0) is 15.4. The molecule has 6 nitrogen and oxygen atoms in total. The van der Waals surface area contributed by atoms with Crippen molar-refractivity contribution in [3.05, 3.63) is 48.4 Å². The summed E-state index contributed by atoms with van der Waals surface area (Å²) in [7, 11) is 0. The van der Waals surface area contributed by atoms with E-state index in [1.54, 1.807) is 17.2 Å². The van der Waals surface area contributed by atoms with Crippen molar-refractivity contribution in [2.75, 3.05) is 18.4 Å².